The van der Waals surface area contributed by atoms with Gasteiger partial charge in [-0.1, -0.05) is 18.9 Å². The van der Waals surface area contributed by atoms with Crippen molar-refractivity contribution in [1.82, 2.24) is 5.32 Å². The molecule has 24 heavy (non-hydrogen) atoms. The summed E-state index contributed by atoms with van der Waals surface area (Å²) in [6.07, 6.45) is 5.39. The summed E-state index contributed by atoms with van der Waals surface area (Å²) < 4.78 is 25.1. The number of fused-ring (bicyclic) bond motifs is 1. The van der Waals surface area contributed by atoms with Crippen molar-refractivity contribution in [2.45, 2.75) is 25.7 Å². The third-order valence-electron chi connectivity index (χ3n) is 4.91. The second-order valence-electron chi connectivity index (χ2n) is 6.64. The predicted octanol–water partition coefficient (Wildman–Crippen LogP) is 2.20. The van der Waals surface area contributed by atoms with E-state index in [2.05, 4.69) is 15.4 Å². The molecule has 1 heterocycles. The van der Waals surface area contributed by atoms with E-state index in [-0.39, 0.29) is 23.7 Å². The van der Waals surface area contributed by atoms with Crippen LogP contribution in [0.25, 0.3) is 0 Å². The number of anilines is 2. The smallest absolute Gasteiger partial charge is 0.232 e. The van der Waals surface area contributed by atoms with Crippen molar-refractivity contribution in [3.63, 3.8) is 0 Å². The molecule has 2 atom stereocenters. The molecule has 1 aliphatic heterocycles. The molecule has 6 nitrogen and oxygen atoms in total. The Morgan fingerprint density at radius 1 is 1.29 bits per heavy atom. The van der Waals surface area contributed by atoms with Crippen molar-refractivity contribution in [3.8, 4) is 0 Å². The molecule has 0 aromatic heterocycles. The second-order valence-corrected chi connectivity index (χ2v) is 8.39. The van der Waals surface area contributed by atoms with Crippen molar-refractivity contribution in [3.05, 3.63) is 24.3 Å². The van der Waals surface area contributed by atoms with Crippen LogP contribution in [0.2, 0.25) is 0 Å². The summed E-state index contributed by atoms with van der Waals surface area (Å²) in [5.41, 5.74) is 0.750. The minimum atomic E-state index is -3.33. The Morgan fingerprint density at radius 3 is 2.79 bits per heavy atom. The molecule has 0 radical (unpaired) electrons. The lowest BCUT2D eigenvalue weighted by Gasteiger charge is -2.37. The first kappa shape index (κ1) is 19.0. The minimum Gasteiger partial charge on any atom is -0.325 e. The Bertz CT molecular complexity index is 710. The first-order chi connectivity index (χ1) is 10.9. The van der Waals surface area contributed by atoms with Gasteiger partial charge in [0.1, 0.15) is 0 Å². The summed E-state index contributed by atoms with van der Waals surface area (Å²) in [5.74, 6) is 0.442. The molecule has 8 heteroatoms. The Balaban J connectivity index is 0.00000208. The van der Waals surface area contributed by atoms with Crippen LogP contribution < -0.4 is 15.4 Å². The van der Waals surface area contributed by atoms with Crippen molar-refractivity contribution in [1.29, 1.82) is 0 Å². The van der Waals surface area contributed by atoms with E-state index in [0.29, 0.717) is 17.3 Å². The lowest BCUT2D eigenvalue weighted by Crippen LogP contribution is -2.44. The highest BCUT2D eigenvalue weighted by atomic mass is 35.5. The number of carbonyl (C=O) groups is 1. The third kappa shape index (κ3) is 4.02. The van der Waals surface area contributed by atoms with Crippen LogP contribution in [0, 0.1) is 11.3 Å². The summed E-state index contributed by atoms with van der Waals surface area (Å²) in [5, 5.41) is 6.35. The number of carbonyl (C=O) groups excluding carboxylic acids is 1. The zero-order valence-corrected chi connectivity index (χ0v) is 15.3. The maximum atomic E-state index is 12.9. The predicted molar refractivity (Wildman–Crippen MR) is 98.0 cm³/mol. The van der Waals surface area contributed by atoms with Gasteiger partial charge in [0.2, 0.25) is 15.9 Å². The summed E-state index contributed by atoms with van der Waals surface area (Å²) in [7, 11) is -3.33. The van der Waals surface area contributed by atoms with E-state index in [1.807, 2.05) is 0 Å². The standard InChI is InChI=1S/C16H23N3O3S.ClH/c1-23(21,22)19-14-7-4-6-13(9-14)18-15(20)16-8-3-2-5-12(16)10-17-11-16;/h4,6-7,9,12,17,19H,2-3,5,8,10-11H2,1H3,(H,18,20);1H/t12-,16+;/m0./s1. The van der Waals surface area contributed by atoms with Gasteiger partial charge in [-0.05, 0) is 43.5 Å². The Hall–Kier alpha value is -1.31. The average Bonchev–Trinajstić information content (AvgIpc) is 2.91. The van der Waals surface area contributed by atoms with Crippen LogP contribution in [-0.4, -0.2) is 33.7 Å². The number of nitrogens with one attached hydrogen (secondary N) is 3. The zero-order chi connectivity index (χ0) is 16.5. The molecule has 1 aromatic carbocycles. The average molecular weight is 374 g/mol. The topological polar surface area (TPSA) is 87.3 Å². The van der Waals surface area contributed by atoms with Gasteiger partial charge in [-0.2, -0.15) is 0 Å². The van der Waals surface area contributed by atoms with Gasteiger partial charge in [0.15, 0.2) is 0 Å². The first-order valence-electron chi connectivity index (χ1n) is 7.99. The van der Waals surface area contributed by atoms with Crippen molar-refractivity contribution < 1.29 is 13.2 Å². The normalized spacial score (nSPS) is 26.1. The Labute approximate surface area is 149 Å². The quantitative estimate of drug-likeness (QED) is 0.755. The van der Waals surface area contributed by atoms with Crippen molar-refractivity contribution in [2.75, 3.05) is 29.4 Å². The number of sulfonamides is 1. The summed E-state index contributed by atoms with van der Waals surface area (Å²) in [6.45, 7) is 1.63. The van der Waals surface area contributed by atoms with E-state index in [1.165, 1.54) is 6.42 Å². The van der Waals surface area contributed by atoms with E-state index in [9.17, 15) is 13.2 Å². The third-order valence-corrected chi connectivity index (χ3v) is 5.52. The van der Waals surface area contributed by atoms with E-state index < -0.39 is 10.0 Å². The van der Waals surface area contributed by atoms with E-state index in [4.69, 9.17) is 0 Å². The summed E-state index contributed by atoms with van der Waals surface area (Å²) >= 11 is 0. The van der Waals surface area contributed by atoms with Gasteiger partial charge in [-0.15, -0.1) is 12.4 Å². The lowest BCUT2D eigenvalue weighted by atomic mass is 9.67. The van der Waals surface area contributed by atoms with Crippen LogP contribution >= 0.6 is 12.4 Å². The Morgan fingerprint density at radius 2 is 2.04 bits per heavy atom. The Kier molecular flexibility index (Phi) is 5.78. The molecule has 134 valence electrons. The molecular formula is C16H24ClN3O3S. The van der Waals surface area contributed by atoms with Crippen LogP contribution in [0.5, 0.6) is 0 Å². The molecule has 1 saturated heterocycles. The summed E-state index contributed by atoms with van der Waals surface area (Å²) in [4.78, 5) is 12.9. The van der Waals surface area contributed by atoms with Gasteiger partial charge >= 0.3 is 0 Å². The maximum Gasteiger partial charge on any atom is 0.232 e. The highest BCUT2D eigenvalue weighted by Gasteiger charge is 2.49. The lowest BCUT2D eigenvalue weighted by molar-refractivity contribution is -0.128. The molecule has 2 aliphatic rings. The number of rotatable bonds is 4. The molecule has 1 amide bonds. The van der Waals surface area contributed by atoms with E-state index in [1.54, 1.807) is 24.3 Å². The second kappa shape index (κ2) is 7.29. The maximum absolute atomic E-state index is 12.9. The fourth-order valence-corrected chi connectivity index (χ4v) is 4.38. The first-order valence-corrected chi connectivity index (χ1v) is 9.88. The number of benzene rings is 1. The van der Waals surface area contributed by atoms with Gasteiger partial charge in [-0.3, -0.25) is 9.52 Å². The van der Waals surface area contributed by atoms with Gasteiger partial charge < -0.3 is 10.6 Å². The number of halogens is 1. The monoisotopic (exact) mass is 373 g/mol. The van der Waals surface area contributed by atoms with Gasteiger partial charge in [0.25, 0.3) is 0 Å². The molecule has 0 bridgehead atoms. The van der Waals surface area contributed by atoms with Crippen molar-refractivity contribution in [2.24, 2.45) is 11.3 Å². The molecule has 1 saturated carbocycles. The molecule has 1 aliphatic carbocycles. The summed E-state index contributed by atoms with van der Waals surface area (Å²) in [6, 6.07) is 6.82. The van der Waals surface area contributed by atoms with Crippen LogP contribution in [0.3, 0.4) is 0 Å². The van der Waals surface area contributed by atoms with Gasteiger partial charge in [0.05, 0.1) is 17.4 Å². The molecular weight excluding hydrogens is 350 g/mol. The fourth-order valence-electron chi connectivity index (χ4n) is 3.82. The highest BCUT2D eigenvalue weighted by molar-refractivity contribution is 7.92. The van der Waals surface area contributed by atoms with Gasteiger partial charge in [-0.25, -0.2) is 8.42 Å². The largest absolute Gasteiger partial charge is 0.325 e. The molecule has 1 aromatic rings. The fraction of sp³-hybridized carbons (Fsp3) is 0.562. The SMILES string of the molecule is CS(=O)(=O)Nc1cccc(NC(=O)[C@@]23CCCC[C@H]2CNC3)c1.Cl. The molecule has 0 unspecified atom stereocenters. The van der Waals surface area contributed by atoms with Crippen LogP contribution in [0.1, 0.15) is 25.7 Å². The van der Waals surface area contributed by atoms with Crippen LogP contribution in [0.15, 0.2) is 24.3 Å². The number of hydrogen-bond donors (Lipinski definition) is 3. The minimum absolute atomic E-state index is 0. The highest BCUT2D eigenvalue weighted by Crippen LogP contribution is 2.44. The molecule has 0 spiro atoms. The zero-order valence-electron chi connectivity index (χ0n) is 13.7. The molecule has 3 rings (SSSR count). The van der Waals surface area contributed by atoms with Crippen LogP contribution in [0.4, 0.5) is 11.4 Å². The number of amides is 1. The molecule has 3 N–H and O–H groups in total. The van der Waals surface area contributed by atoms with E-state index >= 15 is 0 Å². The van der Waals surface area contributed by atoms with Crippen LogP contribution in [-0.2, 0) is 14.8 Å². The molecule has 2 fully saturated rings. The van der Waals surface area contributed by atoms with Gasteiger partial charge in [0, 0.05) is 12.2 Å². The van der Waals surface area contributed by atoms with E-state index in [0.717, 1.165) is 38.6 Å². The van der Waals surface area contributed by atoms with Crippen molar-refractivity contribution >= 4 is 39.7 Å². The number of hydrogen-bond acceptors (Lipinski definition) is 4.